The minimum Gasteiger partial charge on any atom is -0.480 e. The number of hydrogen-bond donors (Lipinski definition) is 1. The van der Waals surface area contributed by atoms with Gasteiger partial charge in [0.2, 0.25) is 5.88 Å². The molecule has 1 heterocycles. The fraction of sp³-hybridized carbons (Fsp3) is 0.286. The Hall–Kier alpha value is -1.53. The third-order valence-corrected chi connectivity index (χ3v) is 3.47. The molecule has 0 radical (unpaired) electrons. The van der Waals surface area contributed by atoms with Crippen molar-refractivity contribution in [3.8, 4) is 5.88 Å². The van der Waals surface area contributed by atoms with Gasteiger partial charge < -0.3 is 10.1 Å². The van der Waals surface area contributed by atoms with Crippen molar-refractivity contribution < 1.29 is 9.13 Å². The van der Waals surface area contributed by atoms with E-state index in [2.05, 4.69) is 31.2 Å². The first-order valence-corrected chi connectivity index (χ1v) is 7.00. The van der Waals surface area contributed by atoms with Gasteiger partial charge in [0.1, 0.15) is 11.5 Å². The van der Waals surface area contributed by atoms with Crippen molar-refractivity contribution in [3.63, 3.8) is 0 Å². The Bertz CT molecular complexity index is 594. The van der Waals surface area contributed by atoms with Crippen LogP contribution >= 0.6 is 15.9 Å². The van der Waals surface area contributed by atoms with Gasteiger partial charge in [-0.05, 0) is 28.5 Å². The minimum atomic E-state index is -0.416. The maximum Gasteiger partial charge on any atom is 0.237 e. The van der Waals surface area contributed by atoms with Crippen LogP contribution in [0.2, 0.25) is 0 Å². The van der Waals surface area contributed by atoms with E-state index in [9.17, 15) is 4.39 Å². The molecular weight excluding hydrogens is 325 g/mol. The Kier molecular flexibility index (Phi) is 5.03. The molecule has 1 aromatic heterocycles. The Morgan fingerprint density at radius 3 is 2.80 bits per heavy atom. The van der Waals surface area contributed by atoms with E-state index in [-0.39, 0.29) is 5.82 Å². The molecule has 0 bridgehead atoms. The highest BCUT2D eigenvalue weighted by Crippen LogP contribution is 2.30. The highest BCUT2D eigenvalue weighted by atomic mass is 79.9. The predicted molar refractivity (Wildman–Crippen MR) is 78.2 cm³/mol. The van der Waals surface area contributed by atoms with E-state index < -0.39 is 6.04 Å². The molecule has 1 N–H and O–H groups in total. The van der Waals surface area contributed by atoms with Gasteiger partial charge in [0.25, 0.3) is 0 Å². The second kappa shape index (κ2) is 6.76. The zero-order chi connectivity index (χ0) is 14.5. The molecule has 2 aromatic rings. The first-order valence-electron chi connectivity index (χ1n) is 6.21. The molecule has 1 aromatic carbocycles. The number of benzene rings is 1. The molecule has 0 saturated carbocycles. The summed E-state index contributed by atoms with van der Waals surface area (Å²) in [5.74, 6) is 0.0731. The van der Waals surface area contributed by atoms with Crippen LogP contribution in [0.25, 0.3) is 0 Å². The number of nitrogens with one attached hydrogen (secondary N) is 1. The van der Waals surface area contributed by atoms with E-state index in [4.69, 9.17) is 4.74 Å². The summed E-state index contributed by atoms with van der Waals surface area (Å²) in [5.41, 5.74) is 1.06. The zero-order valence-corrected chi connectivity index (χ0v) is 12.8. The summed E-state index contributed by atoms with van der Waals surface area (Å²) in [7, 11) is 1.52. The monoisotopic (exact) mass is 339 g/mol. The summed E-state index contributed by atoms with van der Waals surface area (Å²) in [4.78, 5) is 8.40. The van der Waals surface area contributed by atoms with E-state index in [1.165, 1.54) is 7.11 Å². The molecule has 2 rings (SSSR count). The van der Waals surface area contributed by atoms with Crippen LogP contribution in [0.5, 0.6) is 5.88 Å². The van der Waals surface area contributed by atoms with Crippen LogP contribution in [0.3, 0.4) is 0 Å². The summed E-state index contributed by atoms with van der Waals surface area (Å²) in [5, 5.41) is 3.21. The smallest absolute Gasteiger partial charge is 0.237 e. The Balaban J connectivity index is 2.53. The SMILES string of the molecule is CCNC(c1cccc(Br)c1F)c1nccnc1OC. The van der Waals surface area contributed by atoms with Crippen LogP contribution in [0.1, 0.15) is 24.2 Å². The number of nitrogens with zero attached hydrogens (tertiary/aromatic N) is 2. The van der Waals surface area contributed by atoms with Crippen LogP contribution in [0.15, 0.2) is 35.1 Å². The Labute approximate surface area is 125 Å². The van der Waals surface area contributed by atoms with E-state index in [0.717, 1.165) is 0 Å². The second-order valence-corrected chi connectivity index (χ2v) is 4.94. The van der Waals surface area contributed by atoms with E-state index in [1.807, 2.05) is 6.92 Å². The first-order chi connectivity index (χ1) is 9.69. The van der Waals surface area contributed by atoms with Gasteiger partial charge in [-0.1, -0.05) is 19.1 Å². The zero-order valence-electron chi connectivity index (χ0n) is 11.2. The van der Waals surface area contributed by atoms with Crippen LogP contribution < -0.4 is 10.1 Å². The van der Waals surface area contributed by atoms with E-state index in [1.54, 1.807) is 30.6 Å². The molecule has 6 heteroatoms. The number of rotatable bonds is 5. The quantitative estimate of drug-likeness (QED) is 0.909. The molecular formula is C14H15BrFN3O. The normalized spacial score (nSPS) is 12.2. The number of halogens is 2. The standard InChI is InChI=1S/C14H15BrFN3O/c1-3-17-12(9-5-4-6-10(15)11(9)16)13-14(20-2)19-8-7-18-13/h4-8,12,17H,3H2,1-2H3. The van der Waals surface area contributed by atoms with Gasteiger partial charge in [0.15, 0.2) is 0 Å². The molecule has 0 saturated heterocycles. The van der Waals surface area contributed by atoms with Gasteiger partial charge in [-0.2, -0.15) is 0 Å². The molecule has 0 aliphatic carbocycles. The second-order valence-electron chi connectivity index (χ2n) is 4.08. The molecule has 4 nitrogen and oxygen atoms in total. The van der Waals surface area contributed by atoms with Crippen molar-refractivity contribution in [3.05, 3.63) is 52.1 Å². The fourth-order valence-electron chi connectivity index (χ4n) is 1.99. The van der Waals surface area contributed by atoms with E-state index >= 15 is 0 Å². The molecule has 0 spiro atoms. The van der Waals surface area contributed by atoms with Crippen LogP contribution in [0.4, 0.5) is 4.39 Å². The molecule has 0 fully saturated rings. The third kappa shape index (κ3) is 2.96. The maximum absolute atomic E-state index is 14.3. The Morgan fingerprint density at radius 1 is 1.35 bits per heavy atom. The molecule has 106 valence electrons. The summed E-state index contributed by atoms with van der Waals surface area (Å²) in [6.45, 7) is 2.61. The summed E-state index contributed by atoms with van der Waals surface area (Å²) < 4.78 is 20.0. The van der Waals surface area contributed by atoms with Gasteiger partial charge in [0, 0.05) is 18.0 Å². The van der Waals surface area contributed by atoms with Crippen LogP contribution in [-0.4, -0.2) is 23.6 Å². The van der Waals surface area contributed by atoms with E-state index in [0.29, 0.717) is 28.2 Å². The third-order valence-electron chi connectivity index (χ3n) is 2.86. The highest BCUT2D eigenvalue weighted by Gasteiger charge is 2.23. The maximum atomic E-state index is 14.3. The Morgan fingerprint density at radius 2 is 2.10 bits per heavy atom. The first kappa shape index (κ1) is 14.9. The number of hydrogen-bond acceptors (Lipinski definition) is 4. The van der Waals surface area contributed by atoms with Gasteiger partial charge in [-0.25, -0.2) is 9.37 Å². The topological polar surface area (TPSA) is 47.0 Å². The lowest BCUT2D eigenvalue weighted by Gasteiger charge is -2.20. The fourth-order valence-corrected chi connectivity index (χ4v) is 2.37. The van der Waals surface area contributed by atoms with Gasteiger partial charge >= 0.3 is 0 Å². The average Bonchev–Trinajstić information content (AvgIpc) is 2.48. The van der Waals surface area contributed by atoms with Crippen LogP contribution in [0, 0.1) is 5.82 Å². The lowest BCUT2D eigenvalue weighted by molar-refractivity contribution is 0.382. The molecule has 0 amide bonds. The lowest BCUT2D eigenvalue weighted by Crippen LogP contribution is -2.25. The van der Waals surface area contributed by atoms with Crippen molar-refractivity contribution >= 4 is 15.9 Å². The molecule has 1 unspecified atom stereocenters. The van der Waals surface area contributed by atoms with Crippen molar-refractivity contribution in [2.45, 2.75) is 13.0 Å². The average molecular weight is 340 g/mol. The van der Waals surface area contributed by atoms with Gasteiger partial charge in [0.05, 0.1) is 17.6 Å². The molecule has 1 atom stereocenters. The predicted octanol–water partition coefficient (Wildman–Crippen LogP) is 3.09. The summed E-state index contributed by atoms with van der Waals surface area (Å²) in [6, 6.07) is 4.76. The van der Waals surface area contributed by atoms with Gasteiger partial charge in [-0.15, -0.1) is 0 Å². The molecule has 0 aliphatic heterocycles. The van der Waals surface area contributed by atoms with Gasteiger partial charge in [-0.3, -0.25) is 4.98 Å². The largest absolute Gasteiger partial charge is 0.480 e. The summed E-state index contributed by atoms with van der Waals surface area (Å²) in [6.07, 6.45) is 3.11. The number of methoxy groups -OCH3 is 1. The molecule has 0 aliphatic rings. The number of ether oxygens (including phenoxy) is 1. The summed E-state index contributed by atoms with van der Waals surface area (Å²) >= 11 is 3.20. The minimum absolute atomic E-state index is 0.314. The van der Waals surface area contributed by atoms with Crippen LogP contribution in [-0.2, 0) is 0 Å². The molecule has 20 heavy (non-hydrogen) atoms. The number of aromatic nitrogens is 2. The lowest BCUT2D eigenvalue weighted by atomic mass is 10.0. The highest BCUT2D eigenvalue weighted by molar-refractivity contribution is 9.10. The van der Waals surface area contributed by atoms with Crippen molar-refractivity contribution in [2.75, 3.05) is 13.7 Å². The van der Waals surface area contributed by atoms with Crippen molar-refractivity contribution in [2.24, 2.45) is 0 Å². The van der Waals surface area contributed by atoms with Crippen molar-refractivity contribution in [1.82, 2.24) is 15.3 Å². The van der Waals surface area contributed by atoms with Crippen molar-refractivity contribution in [1.29, 1.82) is 0 Å².